The number of hydrogen-bond acceptors (Lipinski definition) is 6. The molecule has 0 saturated heterocycles. The number of ketones is 1. The van der Waals surface area contributed by atoms with Crippen LogP contribution in [0.25, 0.3) is 0 Å². The molecule has 0 saturated carbocycles. The van der Waals surface area contributed by atoms with E-state index >= 15 is 0 Å². The number of carbonyl (C=O) groups is 3. The maximum absolute atomic E-state index is 13.6. The number of fused-ring (bicyclic) bond motifs is 1. The largest absolute Gasteiger partial charge is 0.491 e. The molecule has 0 aromatic carbocycles. The number of Topliss-reactive ketones (excluding diaryl/α,β-unsaturated/α-hetero) is 1. The summed E-state index contributed by atoms with van der Waals surface area (Å²) in [6.07, 6.45) is 4.57. The Hall–Kier alpha value is -2.94. The molecule has 1 aliphatic heterocycles. The van der Waals surface area contributed by atoms with Crippen molar-refractivity contribution in [1.29, 1.82) is 0 Å². The summed E-state index contributed by atoms with van der Waals surface area (Å²) in [5.74, 6) is -0.570. The van der Waals surface area contributed by atoms with Gasteiger partial charge < -0.3 is 24.5 Å². The number of rotatable bonds is 9. The number of aromatic nitrogens is 1. The molecule has 0 bridgehead atoms. The topological polar surface area (TPSA) is 97.8 Å². The summed E-state index contributed by atoms with van der Waals surface area (Å²) in [5.41, 5.74) is 1.52. The van der Waals surface area contributed by atoms with Crippen molar-refractivity contribution in [2.24, 2.45) is 0 Å². The van der Waals surface area contributed by atoms with Gasteiger partial charge in [-0.3, -0.25) is 9.59 Å². The van der Waals surface area contributed by atoms with Gasteiger partial charge in [0.2, 0.25) is 0 Å². The van der Waals surface area contributed by atoms with Crippen LogP contribution in [-0.4, -0.2) is 72.9 Å². The van der Waals surface area contributed by atoms with E-state index in [9.17, 15) is 18.8 Å². The first-order valence-electron chi connectivity index (χ1n) is 10.7. The van der Waals surface area contributed by atoms with E-state index in [2.05, 4.69) is 10.3 Å². The van der Waals surface area contributed by atoms with E-state index in [4.69, 9.17) is 21.1 Å². The van der Waals surface area contributed by atoms with Crippen LogP contribution in [0.15, 0.2) is 23.8 Å². The average Bonchev–Trinajstić information content (AvgIpc) is 2.79. The van der Waals surface area contributed by atoms with Crippen LogP contribution in [0.3, 0.4) is 0 Å². The zero-order valence-electron chi connectivity index (χ0n) is 18.8. The second kappa shape index (κ2) is 10.8. The first-order valence-corrected chi connectivity index (χ1v) is 11.1. The number of pyridine rings is 1. The summed E-state index contributed by atoms with van der Waals surface area (Å²) >= 11 is 6.00. The van der Waals surface area contributed by atoms with E-state index in [1.54, 1.807) is 17.1 Å². The number of nitrogens with zero attached hydrogens (tertiary/aromatic N) is 2. The quantitative estimate of drug-likeness (QED) is 0.432. The highest BCUT2D eigenvalue weighted by Gasteiger charge is 2.35. The van der Waals surface area contributed by atoms with Crippen LogP contribution in [0, 0.1) is 0 Å². The summed E-state index contributed by atoms with van der Waals surface area (Å²) < 4.78 is 24.3. The summed E-state index contributed by atoms with van der Waals surface area (Å²) in [4.78, 5) is 43.3. The number of amides is 2. The zero-order chi connectivity index (χ0) is 24.1. The molecule has 2 atom stereocenters. The van der Waals surface area contributed by atoms with Crippen LogP contribution in [0.5, 0.6) is 11.6 Å². The van der Waals surface area contributed by atoms with E-state index in [1.165, 1.54) is 27.2 Å². The number of nitrogens with one attached hydrogen (secondary N) is 1. The van der Waals surface area contributed by atoms with Crippen molar-refractivity contribution in [3.8, 4) is 11.6 Å². The van der Waals surface area contributed by atoms with Crippen molar-refractivity contribution < 1.29 is 28.2 Å². The van der Waals surface area contributed by atoms with Crippen molar-refractivity contribution in [2.75, 3.05) is 33.9 Å². The van der Waals surface area contributed by atoms with Crippen LogP contribution in [0.4, 0.5) is 4.39 Å². The lowest BCUT2D eigenvalue weighted by molar-refractivity contribution is -0.117. The highest BCUT2D eigenvalue weighted by Crippen LogP contribution is 2.37. The molecule has 1 aromatic heterocycles. The Bertz CT molecular complexity index is 1010. The monoisotopic (exact) mass is 479 g/mol. The fourth-order valence-electron chi connectivity index (χ4n) is 3.85. The molecular weight excluding hydrogens is 453 g/mol. The van der Waals surface area contributed by atoms with Crippen molar-refractivity contribution in [3.05, 3.63) is 40.6 Å². The fourth-order valence-corrected chi connectivity index (χ4v) is 4.09. The Morgan fingerprint density at radius 2 is 2.09 bits per heavy atom. The summed E-state index contributed by atoms with van der Waals surface area (Å²) in [5, 5.41) is 1.97. The molecule has 1 aliphatic carbocycles. The minimum Gasteiger partial charge on any atom is -0.491 e. The van der Waals surface area contributed by atoms with Crippen molar-refractivity contribution in [3.63, 3.8) is 0 Å². The van der Waals surface area contributed by atoms with Crippen molar-refractivity contribution in [2.45, 2.75) is 37.7 Å². The number of methoxy groups -OCH3 is 2. The van der Waals surface area contributed by atoms with E-state index < -0.39 is 17.5 Å². The highest BCUT2D eigenvalue weighted by atomic mass is 35.5. The Kier molecular flexibility index (Phi) is 8.07. The molecular formula is C23H27ClFN3O5. The van der Waals surface area contributed by atoms with Gasteiger partial charge in [0.15, 0.2) is 5.75 Å². The second-order valence-electron chi connectivity index (χ2n) is 7.88. The molecule has 0 fully saturated rings. The van der Waals surface area contributed by atoms with Gasteiger partial charge in [0, 0.05) is 31.6 Å². The lowest BCUT2D eigenvalue weighted by atomic mass is 9.95. The third-order valence-electron chi connectivity index (χ3n) is 5.50. The van der Waals surface area contributed by atoms with Gasteiger partial charge in [-0.2, -0.15) is 0 Å². The number of hydrogen-bond donors (Lipinski definition) is 1. The van der Waals surface area contributed by atoms with Gasteiger partial charge in [0.05, 0.1) is 25.2 Å². The first-order chi connectivity index (χ1) is 15.8. The third kappa shape index (κ3) is 5.52. The molecule has 2 unspecified atom stereocenters. The maximum atomic E-state index is 13.6. The van der Waals surface area contributed by atoms with Crippen molar-refractivity contribution >= 4 is 29.2 Å². The molecule has 2 aliphatic rings. The van der Waals surface area contributed by atoms with E-state index in [-0.39, 0.29) is 41.1 Å². The molecule has 0 spiro atoms. The predicted octanol–water partition coefficient (Wildman–Crippen LogP) is 2.64. The zero-order valence-corrected chi connectivity index (χ0v) is 19.6. The smallest absolute Gasteiger partial charge is 0.270 e. The van der Waals surface area contributed by atoms with Gasteiger partial charge in [-0.05, 0) is 31.4 Å². The predicted molar refractivity (Wildman–Crippen MR) is 121 cm³/mol. The Balaban J connectivity index is 1.89. The van der Waals surface area contributed by atoms with Crippen LogP contribution in [0.2, 0.25) is 0 Å². The van der Waals surface area contributed by atoms with E-state index in [0.29, 0.717) is 37.9 Å². The number of allylic oxidation sites excluding steroid dienone is 2. The fraction of sp³-hybridized carbons (Fsp3) is 0.478. The number of halogens is 2. The molecule has 2 heterocycles. The normalized spacial score (nSPS) is 19.6. The van der Waals surface area contributed by atoms with Gasteiger partial charge in [0.1, 0.15) is 17.6 Å². The van der Waals surface area contributed by atoms with Crippen molar-refractivity contribution in [1.82, 2.24) is 15.2 Å². The second-order valence-corrected chi connectivity index (χ2v) is 8.39. The number of ether oxygens (including phenoxy) is 2. The molecule has 0 radical (unpaired) electrons. The Morgan fingerprint density at radius 1 is 1.33 bits per heavy atom. The van der Waals surface area contributed by atoms with E-state index in [1.807, 2.05) is 0 Å². The molecule has 10 heteroatoms. The molecule has 1 N–H and O–H groups in total. The lowest BCUT2D eigenvalue weighted by Gasteiger charge is -2.31. The van der Waals surface area contributed by atoms with Gasteiger partial charge in [-0.1, -0.05) is 12.2 Å². The minimum atomic E-state index is -1.26. The van der Waals surface area contributed by atoms with E-state index in [0.717, 1.165) is 5.57 Å². The van der Waals surface area contributed by atoms with Gasteiger partial charge >= 0.3 is 0 Å². The van der Waals surface area contributed by atoms with Crippen LogP contribution < -0.4 is 14.8 Å². The van der Waals surface area contributed by atoms with Crippen LogP contribution in [0.1, 0.15) is 46.2 Å². The lowest BCUT2D eigenvalue weighted by Crippen LogP contribution is -2.41. The summed E-state index contributed by atoms with van der Waals surface area (Å²) in [6, 6.07) is 0. The van der Waals surface area contributed by atoms with Gasteiger partial charge in [0.25, 0.3) is 17.7 Å². The molecule has 8 nitrogen and oxygen atoms in total. The molecule has 3 rings (SSSR count). The first kappa shape index (κ1) is 24.7. The van der Waals surface area contributed by atoms with Gasteiger partial charge in [-0.15, -0.1) is 11.6 Å². The van der Waals surface area contributed by atoms with Crippen LogP contribution in [-0.2, 0) is 11.2 Å². The summed E-state index contributed by atoms with van der Waals surface area (Å²) in [6.45, 7) is 2.38. The molecule has 2 amide bonds. The number of alkyl halides is 2. The third-order valence-corrected chi connectivity index (χ3v) is 5.87. The SMILES string of the molecule is COc1nc(C(=O)NCCCC(C)=O)c2c(c1OC)C(=O)N(CC1=CC(Cl)C(F)C=C1)CC2. The standard InChI is InChI=1S/C23H27ClFN3O5/c1-13(29)5-4-9-26-21(30)19-15-8-10-28(12-14-6-7-17(25)16(24)11-14)23(31)18(15)20(32-2)22(27-19)33-3/h6-7,11,16-17H,4-5,8-10,12H2,1-3H3,(H,26,30). The number of carbonyl (C=O) groups excluding carboxylic acids is 3. The van der Waals surface area contributed by atoms with Crippen LogP contribution >= 0.6 is 11.6 Å². The minimum absolute atomic E-state index is 0.0261. The Morgan fingerprint density at radius 3 is 2.73 bits per heavy atom. The Labute approximate surface area is 196 Å². The molecule has 1 aromatic rings. The van der Waals surface area contributed by atoms with Gasteiger partial charge in [-0.25, -0.2) is 9.37 Å². The summed E-state index contributed by atoms with van der Waals surface area (Å²) in [7, 11) is 2.78. The maximum Gasteiger partial charge on any atom is 0.270 e. The molecule has 178 valence electrons. The highest BCUT2D eigenvalue weighted by molar-refractivity contribution is 6.22. The average molecular weight is 480 g/mol. The molecule has 33 heavy (non-hydrogen) atoms.